The molecular weight excluding hydrogens is 296 g/mol. The van der Waals surface area contributed by atoms with Crippen molar-refractivity contribution >= 4 is 34.6 Å². The van der Waals surface area contributed by atoms with E-state index in [0.29, 0.717) is 5.84 Å². The summed E-state index contributed by atoms with van der Waals surface area (Å²) in [5, 5.41) is 2.66. The maximum Gasteiger partial charge on any atom is 0.289 e. The van der Waals surface area contributed by atoms with Crippen molar-refractivity contribution in [2.24, 2.45) is 4.99 Å². The molecular formula is C17H14N2O2S. The third-order valence-corrected chi connectivity index (χ3v) is 3.89. The zero-order chi connectivity index (χ0) is 15.4. The van der Waals surface area contributed by atoms with Crippen molar-refractivity contribution in [3.05, 3.63) is 65.1 Å². The minimum Gasteiger partial charge on any atom is -0.497 e. The molecule has 0 radical (unpaired) electrons. The largest absolute Gasteiger partial charge is 0.497 e. The highest BCUT2D eigenvalue weighted by atomic mass is 32.2. The van der Waals surface area contributed by atoms with E-state index in [1.165, 1.54) is 0 Å². The number of amidine groups is 1. The fraction of sp³-hybridized carbons (Fsp3) is 0.0588. The Morgan fingerprint density at radius 1 is 1.09 bits per heavy atom. The Morgan fingerprint density at radius 3 is 2.50 bits per heavy atom. The van der Waals surface area contributed by atoms with E-state index in [1.807, 2.05) is 60.7 Å². The summed E-state index contributed by atoms with van der Waals surface area (Å²) in [6.07, 6.45) is 1.93. The highest BCUT2D eigenvalue weighted by Crippen LogP contribution is 2.28. The summed E-state index contributed by atoms with van der Waals surface area (Å²) in [5.41, 5.74) is 1.79. The number of hydrogen-bond donors (Lipinski definition) is 1. The molecule has 5 heteroatoms. The molecule has 1 fully saturated rings. The number of carbonyl (C=O) groups is 1. The lowest BCUT2D eigenvalue weighted by molar-refractivity contribution is 0.265. The van der Waals surface area contributed by atoms with E-state index in [2.05, 4.69) is 10.3 Å². The van der Waals surface area contributed by atoms with Crippen LogP contribution in [-0.2, 0) is 0 Å². The number of methoxy groups -OCH3 is 1. The predicted octanol–water partition coefficient (Wildman–Crippen LogP) is 4.22. The Bertz CT molecular complexity index is 737. The molecule has 22 heavy (non-hydrogen) atoms. The number of nitrogens with zero attached hydrogens (tertiary/aromatic N) is 1. The predicted molar refractivity (Wildman–Crippen MR) is 90.6 cm³/mol. The van der Waals surface area contributed by atoms with E-state index in [9.17, 15) is 4.79 Å². The highest BCUT2D eigenvalue weighted by Gasteiger charge is 2.23. The zero-order valence-corrected chi connectivity index (χ0v) is 12.8. The van der Waals surface area contributed by atoms with Crippen molar-refractivity contribution in [3.63, 3.8) is 0 Å². The van der Waals surface area contributed by atoms with Gasteiger partial charge in [-0.1, -0.05) is 30.3 Å². The van der Waals surface area contributed by atoms with Crippen molar-refractivity contribution in [2.75, 3.05) is 7.11 Å². The molecule has 0 unspecified atom stereocenters. The third kappa shape index (κ3) is 3.38. The molecule has 3 rings (SSSR count). The minimum atomic E-state index is -0.116. The van der Waals surface area contributed by atoms with E-state index in [1.54, 1.807) is 7.11 Å². The monoisotopic (exact) mass is 310 g/mol. The lowest BCUT2D eigenvalue weighted by atomic mass is 10.2. The van der Waals surface area contributed by atoms with Crippen LogP contribution < -0.4 is 10.1 Å². The van der Waals surface area contributed by atoms with Crippen LogP contribution in [0.2, 0.25) is 0 Å². The van der Waals surface area contributed by atoms with Crippen molar-refractivity contribution in [3.8, 4) is 5.75 Å². The molecule has 1 N–H and O–H groups in total. The van der Waals surface area contributed by atoms with E-state index in [-0.39, 0.29) is 5.24 Å². The van der Waals surface area contributed by atoms with Gasteiger partial charge in [-0.25, -0.2) is 4.99 Å². The first-order chi connectivity index (χ1) is 10.7. The van der Waals surface area contributed by atoms with Gasteiger partial charge in [0.25, 0.3) is 5.24 Å². The molecule has 0 aliphatic carbocycles. The molecule has 1 aliphatic rings. The summed E-state index contributed by atoms with van der Waals surface area (Å²) in [7, 11) is 1.63. The summed E-state index contributed by atoms with van der Waals surface area (Å²) >= 11 is 1.15. The number of amides is 1. The lowest BCUT2D eigenvalue weighted by Crippen LogP contribution is -2.18. The average Bonchev–Trinajstić information content (AvgIpc) is 2.88. The van der Waals surface area contributed by atoms with E-state index < -0.39 is 0 Å². The van der Waals surface area contributed by atoms with E-state index in [0.717, 1.165) is 33.7 Å². The number of para-hydroxylation sites is 1. The standard InChI is InChI=1S/C17H14N2O2S/c1-21-14-9-7-12(8-10-14)11-15-16(19-17(20)22-15)18-13-5-3-2-4-6-13/h2-11H,1H3,(H,18,19,20). The summed E-state index contributed by atoms with van der Waals surface area (Å²) in [4.78, 5) is 17.0. The van der Waals surface area contributed by atoms with Gasteiger partial charge in [0.2, 0.25) is 0 Å². The molecule has 1 amide bonds. The minimum absolute atomic E-state index is 0.116. The maximum atomic E-state index is 11.7. The van der Waals surface area contributed by atoms with Crippen molar-refractivity contribution in [1.29, 1.82) is 0 Å². The fourth-order valence-electron chi connectivity index (χ4n) is 2.00. The van der Waals surface area contributed by atoms with Gasteiger partial charge >= 0.3 is 0 Å². The molecule has 1 heterocycles. The summed E-state index contributed by atoms with van der Waals surface area (Å²) < 4.78 is 5.14. The van der Waals surface area contributed by atoms with Crippen molar-refractivity contribution < 1.29 is 9.53 Å². The Morgan fingerprint density at radius 2 is 1.82 bits per heavy atom. The number of thioether (sulfide) groups is 1. The first-order valence-electron chi connectivity index (χ1n) is 6.73. The Labute approximate surface area is 132 Å². The van der Waals surface area contributed by atoms with Gasteiger partial charge in [-0.3, -0.25) is 4.79 Å². The van der Waals surface area contributed by atoms with Gasteiger partial charge in [-0.15, -0.1) is 0 Å². The van der Waals surface area contributed by atoms with Crippen LogP contribution >= 0.6 is 11.8 Å². The molecule has 0 spiro atoms. The highest BCUT2D eigenvalue weighted by molar-refractivity contribution is 8.18. The first-order valence-corrected chi connectivity index (χ1v) is 7.55. The molecule has 2 aromatic carbocycles. The first kappa shape index (κ1) is 14.4. The summed E-state index contributed by atoms with van der Waals surface area (Å²) in [6, 6.07) is 17.2. The van der Waals surface area contributed by atoms with Crippen LogP contribution in [-0.4, -0.2) is 18.2 Å². The van der Waals surface area contributed by atoms with Crippen LogP contribution in [0.5, 0.6) is 5.75 Å². The maximum absolute atomic E-state index is 11.7. The molecule has 1 aliphatic heterocycles. The molecule has 4 nitrogen and oxygen atoms in total. The second-order valence-corrected chi connectivity index (χ2v) is 5.61. The number of hydrogen-bond acceptors (Lipinski definition) is 4. The van der Waals surface area contributed by atoms with Crippen LogP contribution in [0.15, 0.2) is 64.5 Å². The fourth-order valence-corrected chi connectivity index (χ4v) is 2.73. The number of aliphatic imine (C=N–C) groups is 1. The van der Waals surface area contributed by atoms with Gasteiger partial charge in [0.05, 0.1) is 17.7 Å². The number of ether oxygens (including phenoxy) is 1. The third-order valence-electron chi connectivity index (χ3n) is 3.07. The smallest absolute Gasteiger partial charge is 0.289 e. The van der Waals surface area contributed by atoms with E-state index >= 15 is 0 Å². The summed E-state index contributed by atoms with van der Waals surface area (Å²) in [6.45, 7) is 0. The van der Waals surface area contributed by atoms with E-state index in [4.69, 9.17) is 4.74 Å². The second-order valence-electron chi connectivity index (χ2n) is 4.59. The Kier molecular flexibility index (Phi) is 4.25. The van der Waals surface area contributed by atoms with Gasteiger partial charge < -0.3 is 10.1 Å². The van der Waals surface area contributed by atoms with Crippen molar-refractivity contribution in [1.82, 2.24) is 5.32 Å². The zero-order valence-electron chi connectivity index (χ0n) is 11.9. The molecule has 0 bridgehead atoms. The SMILES string of the molecule is COc1ccc(C=C2SC(=O)NC2=Nc2ccccc2)cc1. The van der Waals surface area contributed by atoms with Gasteiger partial charge in [-0.05, 0) is 47.7 Å². The van der Waals surface area contributed by atoms with Gasteiger partial charge in [0.1, 0.15) is 11.6 Å². The lowest BCUT2D eigenvalue weighted by Gasteiger charge is -2.01. The second kappa shape index (κ2) is 6.49. The Hall–Kier alpha value is -2.53. The van der Waals surface area contributed by atoms with Crippen molar-refractivity contribution in [2.45, 2.75) is 0 Å². The topological polar surface area (TPSA) is 50.7 Å². The number of carbonyl (C=O) groups excluding carboxylic acids is 1. The molecule has 0 atom stereocenters. The quantitative estimate of drug-likeness (QED) is 0.923. The summed E-state index contributed by atoms with van der Waals surface area (Å²) in [5.74, 6) is 1.38. The molecule has 0 aromatic heterocycles. The number of benzene rings is 2. The molecule has 2 aromatic rings. The molecule has 1 saturated heterocycles. The normalized spacial score (nSPS) is 17.8. The van der Waals surface area contributed by atoms with Gasteiger partial charge in [0.15, 0.2) is 0 Å². The van der Waals surface area contributed by atoms with Crippen LogP contribution in [0, 0.1) is 0 Å². The van der Waals surface area contributed by atoms with Crippen LogP contribution in [0.25, 0.3) is 6.08 Å². The number of rotatable bonds is 3. The van der Waals surface area contributed by atoms with Crippen LogP contribution in [0.3, 0.4) is 0 Å². The van der Waals surface area contributed by atoms with Gasteiger partial charge in [-0.2, -0.15) is 0 Å². The Balaban J connectivity index is 1.91. The molecule has 110 valence electrons. The number of nitrogens with one attached hydrogen (secondary N) is 1. The van der Waals surface area contributed by atoms with Crippen LogP contribution in [0.1, 0.15) is 5.56 Å². The average molecular weight is 310 g/mol. The molecule has 0 saturated carbocycles. The van der Waals surface area contributed by atoms with Crippen LogP contribution in [0.4, 0.5) is 10.5 Å². The van der Waals surface area contributed by atoms with Gasteiger partial charge in [0, 0.05) is 0 Å².